The van der Waals surface area contributed by atoms with Crippen molar-refractivity contribution in [2.75, 3.05) is 27.7 Å². The number of rotatable bonds is 6. The van der Waals surface area contributed by atoms with Gasteiger partial charge in [0.05, 0.1) is 18.8 Å². The molecular formula is C23H25N5O3. The molecule has 3 aromatic rings. The Morgan fingerprint density at radius 3 is 2.55 bits per heavy atom. The molecule has 4 rings (SSSR count). The van der Waals surface area contributed by atoms with Crippen LogP contribution in [0.2, 0.25) is 0 Å². The van der Waals surface area contributed by atoms with E-state index in [1.807, 2.05) is 73.6 Å². The molecule has 2 aromatic carbocycles. The molecule has 160 valence electrons. The molecule has 8 nitrogen and oxygen atoms in total. The third-order valence-electron chi connectivity index (χ3n) is 5.11. The average Bonchev–Trinajstić information content (AvgIpc) is 3.41. The molecule has 0 bridgehead atoms. The molecule has 0 N–H and O–H groups in total. The van der Waals surface area contributed by atoms with Gasteiger partial charge in [-0.3, -0.25) is 4.79 Å². The van der Waals surface area contributed by atoms with Gasteiger partial charge in [-0.15, -0.1) is 0 Å². The van der Waals surface area contributed by atoms with Crippen molar-refractivity contribution >= 4 is 11.6 Å². The highest BCUT2D eigenvalue weighted by Gasteiger charge is 2.37. The van der Waals surface area contributed by atoms with Crippen LogP contribution in [0.15, 0.2) is 64.3 Å². The lowest BCUT2D eigenvalue weighted by atomic mass is 10.0. The first-order valence-electron chi connectivity index (χ1n) is 10.1. The largest absolute Gasteiger partial charge is 0.399 e. The van der Waals surface area contributed by atoms with E-state index in [1.165, 1.54) is 7.11 Å². The van der Waals surface area contributed by atoms with Crippen LogP contribution in [0.4, 0.5) is 0 Å². The van der Waals surface area contributed by atoms with Crippen molar-refractivity contribution in [1.29, 1.82) is 0 Å². The van der Waals surface area contributed by atoms with Crippen molar-refractivity contribution in [2.45, 2.75) is 19.0 Å². The van der Waals surface area contributed by atoms with Crippen molar-refractivity contribution in [3.8, 4) is 11.1 Å². The summed E-state index contributed by atoms with van der Waals surface area (Å²) in [6, 6.07) is 17.3. The van der Waals surface area contributed by atoms with Gasteiger partial charge in [0.1, 0.15) is 13.2 Å². The molecule has 1 aromatic heterocycles. The van der Waals surface area contributed by atoms with Crippen molar-refractivity contribution in [1.82, 2.24) is 19.9 Å². The fourth-order valence-electron chi connectivity index (χ4n) is 3.68. The van der Waals surface area contributed by atoms with Crippen LogP contribution in [0.3, 0.4) is 0 Å². The van der Waals surface area contributed by atoms with Crippen LogP contribution in [0, 0.1) is 0 Å². The minimum Gasteiger partial charge on any atom is -0.399 e. The number of likely N-dealkylation sites (tertiary alicyclic amines) is 1. The minimum absolute atomic E-state index is 0.107. The van der Waals surface area contributed by atoms with Gasteiger partial charge in [0, 0.05) is 12.0 Å². The van der Waals surface area contributed by atoms with Crippen LogP contribution >= 0.6 is 0 Å². The number of carbonyl (C=O) groups excluding carboxylic acids is 1. The maximum atomic E-state index is 13.3. The molecule has 1 fully saturated rings. The molecule has 1 amide bonds. The second kappa shape index (κ2) is 9.09. The molecule has 31 heavy (non-hydrogen) atoms. The van der Waals surface area contributed by atoms with Crippen LogP contribution in [-0.2, 0) is 11.4 Å². The van der Waals surface area contributed by atoms with Gasteiger partial charge >= 0.3 is 0 Å². The zero-order valence-electron chi connectivity index (χ0n) is 17.9. The summed E-state index contributed by atoms with van der Waals surface area (Å²) >= 11 is 0. The van der Waals surface area contributed by atoms with Gasteiger partial charge in [0.25, 0.3) is 5.91 Å². The van der Waals surface area contributed by atoms with Gasteiger partial charge in [-0.1, -0.05) is 52.8 Å². The quantitative estimate of drug-likeness (QED) is 0.570. The molecule has 2 heterocycles. The monoisotopic (exact) mass is 419 g/mol. The van der Waals surface area contributed by atoms with E-state index in [0.717, 1.165) is 16.8 Å². The van der Waals surface area contributed by atoms with Gasteiger partial charge < -0.3 is 19.2 Å². The topological polar surface area (TPSA) is 84.1 Å². The maximum absolute atomic E-state index is 13.3. The smallest absolute Gasteiger partial charge is 0.254 e. The maximum Gasteiger partial charge on any atom is 0.254 e. The van der Waals surface area contributed by atoms with Gasteiger partial charge in [-0.25, -0.2) is 0 Å². The molecule has 1 aliphatic heterocycles. The van der Waals surface area contributed by atoms with Gasteiger partial charge in [-0.05, 0) is 37.4 Å². The van der Waals surface area contributed by atoms with E-state index in [-0.39, 0.29) is 11.9 Å². The summed E-state index contributed by atoms with van der Waals surface area (Å²) in [5.41, 5.74) is 3.53. The molecule has 8 heteroatoms. The van der Waals surface area contributed by atoms with Crippen LogP contribution < -0.4 is 0 Å². The van der Waals surface area contributed by atoms with Crippen LogP contribution in [-0.4, -0.2) is 59.3 Å². The van der Waals surface area contributed by atoms with Crippen LogP contribution in [0.5, 0.6) is 0 Å². The van der Waals surface area contributed by atoms with E-state index in [1.54, 1.807) is 4.90 Å². The van der Waals surface area contributed by atoms with Crippen LogP contribution in [0.25, 0.3) is 11.1 Å². The summed E-state index contributed by atoms with van der Waals surface area (Å²) in [5, 5.41) is 8.19. The minimum atomic E-state index is -0.352. The van der Waals surface area contributed by atoms with Crippen molar-refractivity contribution in [3.05, 3.63) is 71.9 Å². The van der Waals surface area contributed by atoms with Crippen molar-refractivity contribution < 1.29 is 14.2 Å². The van der Waals surface area contributed by atoms with E-state index in [2.05, 4.69) is 15.3 Å². The van der Waals surface area contributed by atoms with E-state index in [0.29, 0.717) is 36.8 Å². The SMILES string of the molecule is CO/N=C1\C[C@H](c2noc(CN(C)C)n2)N(C(=O)c2ccc(-c3ccccc3)cc2)C1. The number of hydrogen-bond donors (Lipinski definition) is 0. The molecule has 0 saturated carbocycles. The molecule has 0 unspecified atom stereocenters. The number of nitrogens with zero attached hydrogens (tertiary/aromatic N) is 5. The highest BCUT2D eigenvalue weighted by atomic mass is 16.6. The second-order valence-corrected chi connectivity index (χ2v) is 7.72. The third-order valence-corrected chi connectivity index (χ3v) is 5.11. The first-order valence-corrected chi connectivity index (χ1v) is 10.1. The van der Waals surface area contributed by atoms with E-state index in [9.17, 15) is 4.79 Å². The summed E-state index contributed by atoms with van der Waals surface area (Å²) in [7, 11) is 5.35. The summed E-state index contributed by atoms with van der Waals surface area (Å²) in [6.45, 7) is 0.892. The van der Waals surface area contributed by atoms with E-state index >= 15 is 0 Å². The van der Waals surface area contributed by atoms with Gasteiger partial charge in [-0.2, -0.15) is 4.98 Å². The predicted octanol–water partition coefficient (Wildman–Crippen LogP) is 3.39. The highest BCUT2D eigenvalue weighted by Crippen LogP contribution is 2.31. The summed E-state index contributed by atoms with van der Waals surface area (Å²) in [6.07, 6.45) is 0.503. The summed E-state index contributed by atoms with van der Waals surface area (Å²) in [4.78, 5) is 26.5. The molecule has 1 aliphatic rings. The molecule has 1 saturated heterocycles. The number of hydrogen-bond acceptors (Lipinski definition) is 7. The lowest BCUT2D eigenvalue weighted by molar-refractivity contribution is 0.0732. The number of benzene rings is 2. The molecule has 0 spiro atoms. The van der Waals surface area contributed by atoms with Crippen LogP contribution in [0.1, 0.15) is 34.5 Å². The fourth-order valence-corrected chi connectivity index (χ4v) is 3.68. The number of amides is 1. The molecule has 0 radical (unpaired) electrons. The molecule has 0 aliphatic carbocycles. The summed E-state index contributed by atoms with van der Waals surface area (Å²) in [5.74, 6) is 0.883. The lowest BCUT2D eigenvalue weighted by Crippen LogP contribution is -2.31. The van der Waals surface area contributed by atoms with E-state index < -0.39 is 0 Å². The zero-order chi connectivity index (χ0) is 21.8. The number of oxime groups is 1. The predicted molar refractivity (Wildman–Crippen MR) is 116 cm³/mol. The highest BCUT2D eigenvalue weighted by molar-refractivity contribution is 6.00. The first-order chi connectivity index (χ1) is 15.0. The Hall–Kier alpha value is -3.52. The lowest BCUT2D eigenvalue weighted by Gasteiger charge is -2.21. The molecular weight excluding hydrogens is 394 g/mol. The fraction of sp³-hybridized carbons (Fsp3) is 0.304. The number of carbonyl (C=O) groups is 1. The Morgan fingerprint density at radius 2 is 1.87 bits per heavy atom. The van der Waals surface area contributed by atoms with Gasteiger partial charge in [0.2, 0.25) is 5.89 Å². The number of aromatic nitrogens is 2. The average molecular weight is 419 g/mol. The Kier molecular flexibility index (Phi) is 6.08. The van der Waals surface area contributed by atoms with Gasteiger partial charge in [0.15, 0.2) is 5.82 Å². The zero-order valence-corrected chi connectivity index (χ0v) is 17.9. The van der Waals surface area contributed by atoms with E-state index in [4.69, 9.17) is 9.36 Å². The Bertz CT molecular complexity index is 1060. The first kappa shape index (κ1) is 20.7. The van der Waals surface area contributed by atoms with Crippen molar-refractivity contribution in [2.24, 2.45) is 5.16 Å². The third kappa shape index (κ3) is 4.64. The Morgan fingerprint density at radius 1 is 1.16 bits per heavy atom. The molecule has 1 atom stereocenters. The Balaban J connectivity index is 1.58. The second-order valence-electron chi connectivity index (χ2n) is 7.72. The summed E-state index contributed by atoms with van der Waals surface area (Å²) < 4.78 is 5.37. The normalized spacial score (nSPS) is 17.5. The standard InChI is InChI=1S/C23H25N5O3/c1-27(2)15-21-24-22(26-31-21)20-13-19(25-30-3)14-28(20)23(29)18-11-9-17(10-12-18)16-7-5-4-6-8-16/h4-12,20H,13-15H2,1-3H3/b25-19+/t20-/m1/s1. The van der Waals surface area contributed by atoms with Crippen molar-refractivity contribution in [3.63, 3.8) is 0 Å². The Labute approximate surface area is 181 Å².